The van der Waals surface area contributed by atoms with Crippen molar-refractivity contribution in [2.75, 3.05) is 27.4 Å². The molecule has 1 heterocycles. The van der Waals surface area contributed by atoms with E-state index in [1.165, 1.54) is 6.07 Å². The number of nitrogens with one attached hydrogen (secondary N) is 3. The lowest BCUT2D eigenvalue weighted by atomic mass is 10.0. The van der Waals surface area contributed by atoms with Crippen LogP contribution in [0, 0.1) is 6.92 Å². The van der Waals surface area contributed by atoms with Crippen LogP contribution in [-0.4, -0.2) is 43.7 Å². The summed E-state index contributed by atoms with van der Waals surface area (Å²) in [5.41, 5.74) is 4.80. The maximum absolute atomic E-state index is 12.9. The second kappa shape index (κ2) is 13.8. The second-order valence-corrected chi connectivity index (χ2v) is 9.97. The van der Waals surface area contributed by atoms with Gasteiger partial charge in [0.2, 0.25) is 17.8 Å². The van der Waals surface area contributed by atoms with E-state index in [0.29, 0.717) is 6.54 Å². The summed E-state index contributed by atoms with van der Waals surface area (Å²) in [5, 5.41) is 28.0. The van der Waals surface area contributed by atoms with Gasteiger partial charge < -0.3 is 25.7 Å². The number of aryl methyl sites for hydroxylation is 1. The highest BCUT2D eigenvalue weighted by molar-refractivity contribution is 5.99. The normalized spacial score (nSPS) is 10.6. The summed E-state index contributed by atoms with van der Waals surface area (Å²) < 4.78 is 0. The first kappa shape index (κ1) is 29.5. The second-order valence-electron chi connectivity index (χ2n) is 9.97. The SMILES string of the molecule is Cc1cccc(CN(CCC(=O)O)c2nc(NC(=O)Nc3ccccc3O)nc(Nc3ccccc3-c3ccccc3)n2)c1. The Kier molecular flexibility index (Phi) is 9.26. The van der Waals surface area contributed by atoms with E-state index in [4.69, 9.17) is 0 Å². The van der Waals surface area contributed by atoms with Crippen LogP contribution in [-0.2, 0) is 11.3 Å². The Morgan fingerprint density at radius 1 is 0.773 bits per heavy atom. The number of carboxylic acids is 1. The Morgan fingerprint density at radius 2 is 1.48 bits per heavy atom. The van der Waals surface area contributed by atoms with Crippen LogP contribution in [0.4, 0.5) is 34.0 Å². The lowest BCUT2D eigenvalue weighted by Gasteiger charge is -2.23. The van der Waals surface area contributed by atoms with Crippen molar-refractivity contribution in [2.45, 2.75) is 19.9 Å². The van der Waals surface area contributed by atoms with Crippen molar-refractivity contribution in [3.8, 4) is 16.9 Å². The van der Waals surface area contributed by atoms with Gasteiger partial charge in [0.05, 0.1) is 12.1 Å². The molecule has 0 aliphatic heterocycles. The highest BCUT2D eigenvalue weighted by Gasteiger charge is 2.18. The largest absolute Gasteiger partial charge is 0.506 e. The van der Waals surface area contributed by atoms with Crippen molar-refractivity contribution in [3.63, 3.8) is 0 Å². The summed E-state index contributed by atoms with van der Waals surface area (Å²) in [6.45, 7) is 2.41. The van der Waals surface area contributed by atoms with Crippen LogP contribution in [0.5, 0.6) is 5.75 Å². The molecular weight excluding hydrogens is 558 g/mol. The number of phenolic OH excluding ortho intramolecular Hbond substituents is 1. The van der Waals surface area contributed by atoms with E-state index in [9.17, 15) is 19.8 Å². The van der Waals surface area contributed by atoms with Gasteiger partial charge >= 0.3 is 12.0 Å². The number of urea groups is 1. The van der Waals surface area contributed by atoms with Crippen LogP contribution in [0.1, 0.15) is 17.5 Å². The van der Waals surface area contributed by atoms with E-state index < -0.39 is 12.0 Å². The van der Waals surface area contributed by atoms with Gasteiger partial charge in [0.15, 0.2) is 0 Å². The first-order valence-electron chi connectivity index (χ1n) is 13.9. The van der Waals surface area contributed by atoms with E-state index in [1.54, 1.807) is 23.1 Å². The van der Waals surface area contributed by atoms with Gasteiger partial charge in [-0.1, -0.05) is 90.5 Å². The van der Waals surface area contributed by atoms with Crippen molar-refractivity contribution in [1.82, 2.24) is 15.0 Å². The molecule has 0 radical (unpaired) electrons. The number of rotatable bonds is 11. The minimum absolute atomic E-state index is 0.0767. The molecule has 11 heteroatoms. The summed E-state index contributed by atoms with van der Waals surface area (Å²) in [6.07, 6.45) is -0.159. The molecule has 0 atom stereocenters. The number of carboxylic acid groups (broad SMARTS) is 1. The lowest BCUT2D eigenvalue weighted by molar-refractivity contribution is -0.136. The quantitative estimate of drug-likeness (QED) is 0.110. The third-order valence-corrected chi connectivity index (χ3v) is 6.59. The number of anilines is 5. The number of carbonyl (C=O) groups excluding carboxylic acids is 1. The Morgan fingerprint density at radius 3 is 2.23 bits per heavy atom. The number of aromatic nitrogens is 3. The highest BCUT2D eigenvalue weighted by Crippen LogP contribution is 2.30. The summed E-state index contributed by atoms with van der Waals surface area (Å²) in [5.74, 6) is -0.839. The molecule has 0 fully saturated rings. The maximum Gasteiger partial charge on any atom is 0.326 e. The molecule has 0 aliphatic carbocycles. The minimum Gasteiger partial charge on any atom is -0.506 e. The molecule has 0 unspecified atom stereocenters. The van der Waals surface area contributed by atoms with E-state index in [-0.39, 0.29) is 42.2 Å². The maximum atomic E-state index is 12.9. The third kappa shape index (κ3) is 7.85. The number of benzene rings is 4. The van der Waals surface area contributed by atoms with E-state index in [1.807, 2.05) is 85.8 Å². The first-order chi connectivity index (χ1) is 21.3. The van der Waals surface area contributed by atoms with Gasteiger partial charge in [-0.25, -0.2) is 4.79 Å². The van der Waals surface area contributed by atoms with E-state index >= 15 is 0 Å². The summed E-state index contributed by atoms with van der Waals surface area (Å²) in [7, 11) is 0. The fourth-order valence-corrected chi connectivity index (χ4v) is 4.55. The molecule has 4 aromatic carbocycles. The molecule has 5 N–H and O–H groups in total. The van der Waals surface area contributed by atoms with Gasteiger partial charge in [-0.3, -0.25) is 10.1 Å². The number of phenols is 1. The van der Waals surface area contributed by atoms with Crippen LogP contribution in [0.25, 0.3) is 11.1 Å². The number of nitrogens with zero attached hydrogens (tertiary/aromatic N) is 4. The molecule has 0 aliphatic rings. The third-order valence-electron chi connectivity index (χ3n) is 6.59. The summed E-state index contributed by atoms with van der Waals surface area (Å²) in [6, 6.07) is 31.0. The zero-order valence-corrected chi connectivity index (χ0v) is 23.9. The number of para-hydroxylation sites is 3. The number of hydrogen-bond donors (Lipinski definition) is 5. The van der Waals surface area contributed by atoms with Gasteiger partial charge in [0, 0.05) is 24.3 Å². The van der Waals surface area contributed by atoms with E-state index in [2.05, 4.69) is 30.9 Å². The van der Waals surface area contributed by atoms with Crippen molar-refractivity contribution in [3.05, 3.63) is 114 Å². The number of aliphatic carboxylic acids is 1. The average Bonchev–Trinajstić information content (AvgIpc) is 3.01. The molecule has 0 spiro atoms. The van der Waals surface area contributed by atoms with Crippen molar-refractivity contribution in [2.24, 2.45) is 0 Å². The van der Waals surface area contributed by atoms with Crippen LogP contribution in [0.15, 0.2) is 103 Å². The summed E-state index contributed by atoms with van der Waals surface area (Å²) >= 11 is 0. The Balaban J connectivity index is 1.52. The molecular formula is C33H31N7O4. The van der Waals surface area contributed by atoms with Crippen LogP contribution < -0.4 is 20.9 Å². The lowest BCUT2D eigenvalue weighted by Crippen LogP contribution is -2.29. The molecule has 1 aromatic heterocycles. The van der Waals surface area contributed by atoms with Gasteiger partial charge in [-0.05, 0) is 36.2 Å². The number of aromatic hydroxyl groups is 1. The Labute approximate surface area is 254 Å². The molecule has 11 nitrogen and oxygen atoms in total. The molecule has 5 aromatic rings. The van der Waals surface area contributed by atoms with Crippen molar-refractivity contribution >= 4 is 41.2 Å². The smallest absolute Gasteiger partial charge is 0.326 e. The zero-order chi connectivity index (χ0) is 30.9. The monoisotopic (exact) mass is 589 g/mol. The fourth-order valence-electron chi connectivity index (χ4n) is 4.55. The number of carbonyl (C=O) groups is 2. The van der Waals surface area contributed by atoms with Gasteiger partial charge in [-0.2, -0.15) is 15.0 Å². The van der Waals surface area contributed by atoms with Gasteiger partial charge in [0.1, 0.15) is 5.75 Å². The number of hydrogen-bond acceptors (Lipinski definition) is 8. The Hall–Kier alpha value is -5.97. The van der Waals surface area contributed by atoms with E-state index in [0.717, 1.165) is 27.9 Å². The molecule has 0 bridgehead atoms. The molecule has 0 saturated heterocycles. The van der Waals surface area contributed by atoms with Crippen LogP contribution in [0.2, 0.25) is 0 Å². The predicted octanol–water partition coefficient (Wildman–Crippen LogP) is 6.42. The average molecular weight is 590 g/mol. The molecule has 5 rings (SSSR count). The van der Waals surface area contributed by atoms with Crippen LogP contribution in [0.3, 0.4) is 0 Å². The molecule has 222 valence electrons. The Bertz CT molecular complexity index is 1760. The first-order valence-corrected chi connectivity index (χ1v) is 13.9. The topological polar surface area (TPSA) is 153 Å². The molecule has 44 heavy (non-hydrogen) atoms. The fraction of sp³-hybridized carbons (Fsp3) is 0.121. The number of amides is 2. The predicted molar refractivity (Wildman–Crippen MR) is 170 cm³/mol. The highest BCUT2D eigenvalue weighted by atomic mass is 16.4. The van der Waals surface area contributed by atoms with Gasteiger partial charge in [-0.15, -0.1) is 0 Å². The molecule has 0 saturated carbocycles. The molecule has 2 amide bonds. The van der Waals surface area contributed by atoms with Crippen LogP contribution >= 0.6 is 0 Å². The zero-order valence-electron chi connectivity index (χ0n) is 23.9. The minimum atomic E-state index is -0.969. The summed E-state index contributed by atoms with van der Waals surface area (Å²) in [4.78, 5) is 39.8. The van der Waals surface area contributed by atoms with Gasteiger partial charge in [0.25, 0.3) is 0 Å². The van der Waals surface area contributed by atoms with Crippen molar-refractivity contribution < 1.29 is 19.8 Å². The standard InChI is InChI=1S/C33H31N7O4/c1-22-10-9-11-23(20-22)21-40(19-18-29(42)43)32-37-30(34-26-15-6-5-14-25(26)24-12-3-2-4-13-24)36-31(38-32)39-33(44)35-27-16-7-8-17-28(27)41/h2-17,20,41H,18-19,21H2,1H3,(H,42,43)(H3,34,35,36,37,38,39,44). The van der Waals surface area contributed by atoms with Crippen molar-refractivity contribution in [1.29, 1.82) is 0 Å².